The summed E-state index contributed by atoms with van der Waals surface area (Å²) in [4.78, 5) is 29.2. The number of methoxy groups -OCH3 is 1. The van der Waals surface area contributed by atoms with Gasteiger partial charge < -0.3 is 15.0 Å². The third kappa shape index (κ3) is 7.50. The molecule has 0 aliphatic heterocycles. The van der Waals surface area contributed by atoms with Gasteiger partial charge in [-0.3, -0.25) is 13.9 Å². The highest BCUT2D eigenvalue weighted by molar-refractivity contribution is 7.92. The molecule has 0 aromatic heterocycles. The molecule has 0 spiro atoms. The summed E-state index contributed by atoms with van der Waals surface area (Å²) in [7, 11) is -2.71. The first kappa shape index (κ1) is 31.1. The minimum atomic E-state index is -4.17. The topological polar surface area (TPSA) is 96.0 Å². The van der Waals surface area contributed by atoms with Gasteiger partial charge in [0, 0.05) is 12.6 Å². The van der Waals surface area contributed by atoms with Crippen LogP contribution in [0.1, 0.15) is 55.7 Å². The van der Waals surface area contributed by atoms with Crippen LogP contribution in [0.25, 0.3) is 0 Å². The maximum absolute atomic E-state index is 14.2. The van der Waals surface area contributed by atoms with Crippen LogP contribution in [0.15, 0.2) is 77.7 Å². The average Bonchev–Trinajstić information content (AvgIpc) is 2.99. The molecule has 4 rings (SSSR count). The van der Waals surface area contributed by atoms with Crippen LogP contribution in [-0.2, 0) is 26.2 Å². The van der Waals surface area contributed by atoms with E-state index >= 15 is 0 Å². The van der Waals surface area contributed by atoms with Gasteiger partial charge in [-0.15, -0.1) is 0 Å². The van der Waals surface area contributed by atoms with Gasteiger partial charge in [0.05, 0.1) is 17.7 Å². The number of aryl methyl sites for hydroxylation is 2. The number of anilines is 1. The SMILES string of the molecule is COc1ccc(C)cc1N(CC(=O)N(Cc1cccc(C)c1)[C@H](C)C(=O)NC1CCCCC1)S(=O)(=O)c1ccccc1. The van der Waals surface area contributed by atoms with Crippen molar-refractivity contribution in [2.45, 2.75) is 76.4 Å². The Labute approximate surface area is 249 Å². The third-order valence-corrected chi connectivity index (χ3v) is 9.54. The molecule has 224 valence electrons. The largest absolute Gasteiger partial charge is 0.495 e. The zero-order valence-electron chi connectivity index (χ0n) is 24.9. The van der Waals surface area contributed by atoms with E-state index in [9.17, 15) is 18.0 Å². The fourth-order valence-electron chi connectivity index (χ4n) is 5.39. The number of hydrogen-bond acceptors (Lipinski definition) is 5. The van der Waals surface area contributed by atoms with E-state index in [4.69, 9.17) is 4.74 Å². The van der Waals surface area contributed by atoms with E-state index in [1.54, 1.807) is 37.3 Å². The molecule has 1 N–H and O–H groups in total. The molecule has 9 heteroatoms. The lowest BCUT2D eigenvalue weighted by atomic mass is 9.95. The number of benzene rings is 3. The summed E-state index contributed by atoms with van der Waals surface area (Å²) in [5, 5.41) is 3.13. The van der Waals surface area contributed by atoms with Crippen molar-refractivity contribution in [1.82, 2.24) is 10.2 Å². The molecule has 0 heterocycles. The number of hydrogen-bond donors (Lipinski definition) is 1. The summed E-state index contributed by atoms with van der Waals surface area (Å²) in [6.07, 6.45) is 5.13. The van der Waals surface area contributed by atoms with Gasteiger partial charge in [0.25, 0.3) is 10.0 Å². The van der Waals surface area contributed by atoms with Gasteiger partial charge in [0.2, 0.25) is 11.8 Å². The summed E-state index contributed by atoms with van der Waals surface area (Å²) >= 11 is 0. The number of ether oxygens (including phenoxy) is 1. The Morgan fingerprint density at radius 1 is 0.929 bits per heavy atom. The van der Waals surface area contributed by atoms with Crippen LogP contribution in [0.3, 0.4) is 0 Å². The quantitative estimate of drug-likeness (QED) is 0.323. The standard InChI is InChI=1S/C33H41N3O5S/c1-24-12-11-13-27(20-24)22-35(26(3)33(38)34-28-14-7-5-8-15-28)32(37)23-36(30-21-25(2)18-19-31(30)41-4)42(39,40)29-16-9-6-10-17-29/h6,9-13,16-21,26,28H,5,7-8,14-15,22-23H2,1-4H3,(H,34,38)/t26-/m1/s1. The lowest BCUT2D eigenvalue weighted by Gasteiger charge is -2.33. The molecule has 8 nitrogen and oxygen atoms in total. The van der Waals surface area contributed by atoms with Gasteiger partial charge in [-0.1, -0.05) is 73.4 Å². The first-order valence-electron chi connectivity index (χ1n) is 14.5. The normalized spacial score (nSPS) is 14.6. The van der Waals surface area contributed by atoms with Crippen LogP contribution in [0, 0.1) is 13.8 Å². The van der Waals surface area contributed by atoms with Crippen molar-refractivity contribution in [3.05, 3.63) is 89.5 Å². The molecule has 1 aliphatic carbocycles. The Balaban J connectivity index is 1.72. The summed E-state index contributed by atoms with van der Waals surface area (Å²) in [5.74, 6) is -0.416. The maximum Gasteiger partial charge on any atom is 0.264 e. The van der Waals surface area contributed by atoms with E-state index in [1.807, 2.05) is 44.2 Å². The fourth-order valence-corrected chi connectivity index (χ4v) is 6.82. The van der Waals surface area contributed by atoms with Crippen molar-refractivity contribution < 1.29 is 22.7 Å². The van der Waals surface area contributed by atoms with Crippen LogP contribution in [-0.4, -0.2) is 50.9 Å². The Bertz CT molecular complexity index is 1490. The van der Waals surface area contributed by atoms with Crippen LogP contribution < -0.4 is 14.4 Å². The Kier molecular flexibility index (Phi) is 10.3. The molecule has 0 unspecified atom stereocenters. The molecular formula is C33H41N3O5S. The molecule has 0 saturated heterocycles. The van der Waals surface area contributed by atoms with Crippen molar-refractivity contribution in [3.63, 3.8) is 0 Å². The van der Waals surface area contributed by atoms with Gasteiger partial charge in [-0.2, -0.15) is 0 Å². The van der Waals surface area contributed by atoms with Crippen molar-refractivity contribution in [1.29, 1.82) is 0 Å². The van der Waals surface area contributed by atoms with E-state index in [0.29, 0.717) is 5.75 Å². The molecule has 1 saturated carbocycles. The van der Waals surface area contributed by atoms with E-state index in [1.165, 1.54) is 24.1 Å². The van der Waals surface area contributed by atoms with Gasteiger partial charge in [0.1, 0.15) is 18.3 Å². The van der Waals surface area contributed by atoms with Gasteiger partial charge in [0.15, 0.2) is 0 Å². The molecule has 3 aromatic rings. The Morgan fingerprint density at radius 2 is 1.62 bits per heavy atom. The van der Waals surface area contributed by atoms with Crippen molar-refractivity contribution in [3.8, 4) is 5.75 Å². The smallest absolute Gasteiger partial charge is 0.264 e. The number of rotatable bonds is 11. The Morgan fingerprint density at radius 3 is 2.29 bits per heavy atom. The van der Waals surface area contributed by atoms with Crippen LogP contribution in [0.2, 0.25) is 0 Å². The highest BCUT2D eigenvalue weighted by Gasteiger charge is 2.34. The molecule has 0 bridgehead atoms. The molecule has 0 radical (unpaired) electrons. The molecule has 1 atom stereocenters. The predicted molar refractivity (Wildman–Crippen MR) is 165 cm³/mol. The maximum atomic E-state index is 14.2. The fraction of sp³-hybridized carbons (Fsp3) is 0.394. The number of sulfonamides is 1. The minimum absolute atomic E-state index is 0.0506. The lowest BCUT2D eigenvalue weighted by Crippen LogP contribution is -2.53. The monoisotopic (exact) mass is 591 g/mol. The molecule has 3 aromatic carbocycles. The number of carbonyl (C=O) groups is 2. The zero-order valence-corrected chi connectivity index (χ0v) is 25.7. The molecular weight excluding hydrogens is 550 g/mol. The van der Waals surface area contributed by atoms with Gasteiger partial charge in [-0.25, -0.2) is 8.42 Å². The van der Waals surface area contributed by atoms with E-state index in [0.717, 1.165) is 53.1 Å². The van der Waals surface area contributed by atoms with Crippen molar-refractivity contribution >= 4 is 27.5 Å². The molecule has 42 heavy (non-hydrogen) atoms. The second-order valence-corrected chi connectivity index (χ2v) is 12.9. The highest BCUT2D eigenvalue weighted by atomic mass is 32.2. The van der Waals surface area contributed by atoms with Crippen LogP contribution in [0.5, 0.6) is 5.75 Å². The zero-order chi connectivity index (χ0) is 30.3. The Hall–Kier alpha value is -3.85. The second-order valence-electron chi connectivity index (χ2n) is 11.0. The summed E-state index contributed by atoms with van der Waals surface area (Å²) in [6.45, 7) is 5.16. The highest BCUT2D eigenvalue weighted by Crippen LogP contribution is 2.33. The van der Waals surface area contributed by atoms with Crippen molar-refractivity contribution in [2.24, 2.45) is 0 Å². The number of carbonyl (C=O) groups excluding carboxylic acids is 2. The molecule has 1 fully saturated rings. The van der Waals surface area contributed by atoms with Crippen LogP contribution >= 0.6 is 0 Å². The van der Waals surface area contributed by atoms with Gasteiger partial charge in [-0.05, 0) is 69.0 Å². The molecule has 2 amide bonds. The second kappa shape index (κ2) is 13.9. The number of nitrogens with zero attached hydrogens (tertiary/aromatic N) is 2. The van der Waals surface area contributed by atoms with Crippen molar-refractivity contribution in [2.75, 3.05) is 18.0 Å². The lowest BCUT2D eigenvalue weighted by molar-refractivity contribution is -0.139. The first-order valence-corrected chi connectivity index (χ1v) is 15.9. The summed E-state index contributed by atoms with van der Waals surface area (Å²) < 4.78 is 34.7. The summed E-state index contributed by atoms with van der Waals surface area (Å²) in [5.41, 5.74) is 2.94. The predicted octanol–water partition coefficient (Wildman–Crippen LogP) is 5.37. The minimum Gasteiger partial charge on any atom is -0.495 e. The van der Waals surface area contributed by atoms with Crippen LogP contribution in [0.4, 0.5) is 5.69 Å². The number of nitrogens with one attached hydrogen (secondary N) is 1. The van der Waals surface area contributed by atoms with E-state index in [-0.39, 0.29) is 29.1 Å². The molecule has 1 aliphatic rings. The first-order chi connectivity index (χ1) is 20.1. The summed E-state index contributed by atoms with van der Waals surface area (Å²) in [6, 6.07) is 20.2. The third-order valence-electron chi connectivity index (χ3n) is 7.77. The van der Waals surface area contributed by atoms with E-state index < -0.39 is 28.5 Å². The number of amides is 2. The van der Waals surface area contributed by atoms with E-state index in [2.05, 4.69) is 5.32 Å². The average molecular weight is 592 g/mol. The van der Waals surface area contributed by atoms with Gasteiger partial charge >= 0.3 is 0 Å².